The molecular formula is C25H29NO3. The Morgan fingerprint density at radius 2 is 1.83 bits per heavy atom. The van der Waals surface area contributed by atoms with Gasteiger partial charge >= 0.3 is 5.97 Å². The smallest absolute Gasteiger partial charge is 0.306 e. The Labute approximate surface area is 172 Å². The highest BCUT2D eigenvalue weighted by atomic mass is 16.4. The minimum absolute atomic E-state index is 0.297. The Morgan fingerprint density at radius 3 is 2.52 bits per heavy atom. The molecule has 3 rings (SSSR count). The van der Waals surface area contributed by atoms with Crippen LogP contribution in [0.2, 0.25) is 0 Å². The molecule has 0 bridgehead atoms. The number of nitrogens with one attached hydrogen (secondary N) is 1. The maximum absolute atomic E-state index is 11.1. The second-order valence-electron chi connectivity index (χ2n) is 7.71. The molecule has 0 saturated carbocycles. The minimum atomic E-state index is -0.732. The lowest BCUT2D eigenvalue weighted by Crippen LogP contribution is -2.17. The van der Waals surface area contributed by atoms with Gasteiger partial charge in [-0.1, -0.05) is 61.0 Å². The molecule has 4 heteroatoms. The van der Waals surface area contributed by atoms with Crippen LogP contribution in [-0.4, -0.2) is 22.7 Å². The third kappa shape index (κ3) is 6.06. The van der Waals surface area contributed by atoms with Gasteiger partial charge in [-0.25, -0.2) is 0 Å². The Hall–Kier alpha value is -2.85. The van der Waals surface area contributed by atoms with Crippen molar-refractivity contribution in [3.8, 4) is 5.75 Å². The standard InChI is InChI=1S/C25H29NO3/c1-18(25(28)29)16-20-6-10-21(11-7-20)24-5-3-2-4-22(24)17-26-15-14-19-8-12-23(27)13-9-19/h2-6,8-10,12-13,18,26-27H,7,11,14-17H2,1H3,(H,28,29). The van der Waals surface area contributed by atoms with Crippen molar-refractivity contribution in [3.63, 3.8) is 0 Å². The number of phenols is 1. The van der Waals surface area contributed by atoms with Crippen LogP contribution in [0.25, 0.3) is 5.57 Å². The van der Waals surface area contributed by atoms with Crippen LogP contribution in [0, 0.1) is 5.92 Å². The molecule has 0 saturated heterocycles. The van der Waals surface area contributed by atoms with Crippen LogP contribution in [0.1, 0.15) is 42.9 Å². The molecule has 2 aromatic carbocycles. The molecule has 152 valence electrons. The number of carboxylic acid groups (broad SMARTS) is 1. The molecule has 0 spiro atoms. The molecule has 4 nitrogen and oxygen atoms in total. The van der Waals surface area contributed by atoms with Gasteiger partial charge in [0.1, 0.15) is 5.75 Å². The summed E-state index contributed by atoms with van der Waals surface area (Å²) in [7, 11) is 0. The topological polar surface area (TPSA) is 69.6 Å². The van der Waals surface area contributed by atoms with E-state index in [4.69, 9.17) is 5.11 Å². The van der Waals surface area contributed by atoms with Gasteiger partial charge in [0.2, 0.25) is 0 Å². The van der Waals surface area contributed by atoms with Gasteiger partial charge in [-0.05, 0) is 66.6 Å². The van der Waals surface area contributed by atoms with Crippen LogP contribution < -0.4 is 5.32 Å². The lowest BCUT2D eigenvalue weighted by atomic mass is 9.87. The van der Waals surface area contributed by atoms with Crippen molar-refractivity contribution in [2.24, 2.45) is 5.92 Å². The summed E-state index contributed by atoms with van der Waals surface area (Å²) >= 11 is 0. The van der Waals surface area contributed by atoms with Gasteiger partial charge in [-0.2, -0.15) is 0 Å². The lowest BCUT2D eigenvalue weighted by molar-refractivity contribution is -0.141. The van der Waals surface area contributed by atoms with Gasteiger partial charge in [-0.3, -0.25) is 4.79 Å². The normalized spacial score (nSPS) is 14.8. The second kappa shape index (κ2) is 10.1. The zero-order chi connectivity index (χ0) is 20.6. The van der Waals surface area contributed by atoms with E-state index >= 15 is 0 Å². The van der Waals surface area contributed by atoms with E-state index in [-0.39, 0.29) is 5.92 Å². The van der Waals surface area contributed by atoms with Crippen LogP contribution in [0.5, 0.6) is 5.75 Å². The number of benzene rings is 2. The Kier molecular flexibility index (Phi) is 7.25. The first-order valence-corrected chi connectivity index (χ1v) is 10.2. The lowest BCUT2D eigenvalue weighted by Gasteiger charge is -2.19. The number of carboxylic acids is 1. The summed E-state index contributed by atoms with van der Waals surface area (Å²) in [5, 5.41) is 22.0. The zero-order valence-electron chi connectivity index (χ0n) is 16.9. The summed E-state index contributed by atoms with van der Waals surface area (Å²) in [6.45, 7) is 3.44. The Balaban J connectivity index is 1.58. The number of rotatable bonds is 9. The molecule has 0 aliphatic heterocycles. The van der Waals surface area contributed by atoms with Crippen LogP contribution in [0.3, 0.4) is 0 Å². The van der Waals surface area contributed by atoms with Gasteiger partial charge in [-0.15, -0.1) is 0 Å². The average Bonchev–Trinajstić information content (AvgIpc) is 2.73. The van der Waals surface area contributed by atoms with E-state index < -0.39 is 5.97 Å². The van der Waals surface area contributed by atoms with Crippen LogP contribution in [-0.2, 0) is 17.8 Å². The molecule has 1 atom stereocenters. The molecule has 0 amide bonds. The minimum Gasteiger partial charge on any atom is -0.508 e. The van der Waals surface area contributed by atoms with Gasteiger partial charge < -0.3 is 15.5 Å². The Morgan fingerprint density at radius 1 is 1.07 bits per heavy atom. The monoisotopic (exact) mass is 391 g/mol. The number of phenolic OH excluding ortho intramolecular Hbond substituents is 1. The molecule has 1 unspecified atom stereocenters. The molecule has 0 heterocycles. The molecule has 0 aromatic heterocycles. The highest BCUT2D eigenvalue weighted by molar-refractivity contribution is 5.72. The van der Waals surface area contributed by atoms with Gasteiger partial charge in [0.25, 0.3) is 0 Å². The molecule has 1 aliphatic carbocycles. The SMILES string of the molecule is CC(CC1=CC=C(c2ccccc2CNCCc2ccc(O)cc2)CC1)C(=O)O. The van der Waals surface area contributed by atoms with Gasteiger partial charge in [0.15, 0.2) is 0 Å². The average molecular weight is 392 g/mol. The van der Waals surface area contributed by atoms with Crippen LogP contribution >= 0.6 is 0 Å². The first kappa shape index (κ1) is 20.9. The molecule has 29 heavy (non-hydrogen) atoms. The van der Waals surface area contributed by atoms with Crippen molar-refractivity contribution in [2.75, 3.05) is 6.54 Å². The second-order valence-corrected chi connectivity index (χ2v) is 7.71. The molecule has 1 aliphatic rings. The van der Waals surface area contributed by atoms with Crippen molar-refractivity contribution in [3.05, 3.63) is 82.9 Å². The number of hydrogen-bond donors (Lipinski definition) is 3. The van der Waals surface area contributed by atoms with E-state index in [9.17, 15) is 9.90 Å². The predicted molar refractivity (Wildman–Crippen MR) is 117 cm³/mol. The summed E-state index contributed by atoms with van der Waals surface area (Å²) in [5.74, 6) is -0.767. The predicted octanol–water partition coefficient (Wildman–Crippen LogP) is 4.94. The number of aromatic hydroxyl groups is 1. The maximum Gasteiger partial charge on any atom is 0.306 e. The summed E-state index contributed by atoms with van der Waals surface area (Å²) in [5.41, 5.74) is 6.28. The van der Waals surface area contributed by atoms with E-state index in [2.05, 4.69) is 41.7 Å². The van der Waals surface area contributed by atoms with E-state index in [0.717, 1.165) is 32.4 Å². The summed E-state index contributed by atoms with van der Waals surface area (Å²) < 4.78 is 0. The molecule has 0 fully saturated rings. The highest BCUT2D eigenvalue weighted by Crippen LogP contribution is 2.31. The van der Waals surface area contributed by atoms with Crippen molar-refractivity contribution in [1.29, 1.82) is 0 Å². The number of carbonyl (C=O) groups is 1. The largest absolute Gasteiger partial charge is 0.508 e. The highest BCUT2D eigenvalue weighted by Gasteiger charge is 2.16. The fourth-order valence-corrected chi connectivity index (χ4v) is 3.66. The van der Waals surface area contributed by atoms with E-state index in [1.54, 1.807) is 19.1 Å². The Bertz CT molecular complexity index is 897. The summed E-state index contributed by atoms with van der Waals surface area (Å²) in [4.78, 5) is 11.1. The van der Waals surface area contributed by atoms with Crippen LogP contribution in [0.15, 0.2) is 66.3 Å². The van der Waals surface area contributed by atoms with Crippen molar-refractivity contribution >= 4 is 11.5 Å². The zero-order valence-corrected chi connectivity index (χ0v) is 16.9. The quantitative estimate of drug-likeness (QED) is 0.530. The van der Waals surface area contributed by atoms with Crippen molar-refractivity contribution in [1.82, 2.24) is 5.32 Å². The molecular weight excluding hydrogens is 362 g/mol. The molecule has 3 N–H and O–H groups in total. The molecule has 2 aromatic rings. The number of hydrogen-bond acceptors (Lipinski definition) is 3. The summed E-state index contributed by atoms with van der Waals surface area (Å²) in [6, 6.07) is 15.8. The fourth-order valence-electron chi connectivity index (χ4n) is 3.66. The number of aliphatic carboxylic acids is 1. The third-order valence-corrected chi connectivity index (χ3v) is 5.43. The molecule has 0 radical (unpaired) electrons. The number of allylic oxidation sites excluding steroid dienone is 4. The van der Waals surface area contributed by atoms with E-state index in [1.165, 1.54) is 27.8 Å². The van der Waals surface area contributed by atoms with E-state index in [0.29, 0.717) is 12.2 Å². The van der Waals surface area contributed by atoms with Gasteiger partial charge in [0, 0.05) is 6.54 Å². The fraction of sp³-hybridized carbons (Fsp3) is 0.320. The van der Waals surface area contributed by atoms with Crippen molar-refractivity contribution in [2.45, 2.75) is 39.2 Å². The first-order valence-electron chi connectivity index (χ1n) is 10.2. The first-order chi connectivity index (χ1) is 14.0. The van der Waals surface area contributed by atoms with Crippen LogP contribution in [0.4, 0.5) is 0 Å². The maximum atomic E-state index is 11.1. The third-order valence-electron chi connectivity index (χ3n) is 5.43. The van der Waals surface area contributed by atoms with Gasteiger partial charge in [0.05, 0.1) is 5.92 Å². The summed E-state index contributed by atoms with van der Waals surface area (Å²) in [6.07, 6.45) is 7.67. The van der Waals surface area contributed by atoms with E-state index in [1.807, 2.05) is 12.1 Å². The van der Waals surface area contributed by atoms with Crippen molar-refractivity contribution < 1.29 is 15.0 Å².